The van der Waals surface area contributed by atoms with Crippen LogP contribution in [0.25, 0.3) is 0 Å². The zero-order chi connectivity index (χ0) is 7.72. The fourth-order valence-corrected chi connectivity index (χ4v) is 0.791. The summed E-state index contributed by atoms with van der Waals surface area (Å²) in [6.45, 7) is -0.153. The number of ether oxygens (including phenoxy) is 1. The fraction of sp³-hybridized carbons (Fsp3) is 1.00. The molecule has 60 valence electrons. The summed E-state index contributed by atoms with van der Waals surface area (Å²) in [5.74, 6) is 0. The minimum atomic E-state index is -1.41. The van der Waals surface area contributed by atoms with Crippen molar-refractivity contribution in [2.45, 2.75) is 24.6 Å². The van der Waals surface area contributed by atoms with Crippen LogP contribution in [0.15, 0.2) is 0 Å². The zero-order valence-corrected chi connectivity index (χ0v) is 5.21. The summed E-state index contributed by atoms with van der Waals surface area (Å²) < 4.78 is 4.47. The van der Waals surface area contributed by atoms with Gasteiger partial charge in [-0.05, 0) is 0 Å². The number of aliphatic hydroxyl groups excluding tert-OH is 4. The van der Waals surface area contributed by atoms with Crippen molar-refractivity contribution in [3.05, 3.63) is 0 Å². The highest BCUT2D eigenvalue weighted by Crippen LogP contribution is 2.12. The molecule has 0 aromatic heterocycles. The van der Waals surface area contributed by atoms with Crippen LogP contribution in [-0.2, 0) is 4.74 Å². The van der Waals surface area contributed by atoms with Gasteiger partial charge in [0.2, 0.25) is 0 Å². The van der Waals surface area contributed by atoms with E-state index < -0.39 is 24.6 Å². The standard InChI is InChI=1S/C5H10O5/c6-2-1-10-5(9)4(8)3(2)7/h2-9H,1H2/t2-,3-,4-,5-/m1/s1. The first-order valence-electron chi connectivity index (χ1n) is 2.97. The summed E-state index contributed by atoms with van der Waals surface area (Å²) in [5, 5.41) is 35.3. The molecule has 1 fully saturated rings. The van der Waals surface area contributed by atoms with Crippen molar-refractivity contribution >= 4 is 0 Å². The second kappa shape index (κ2) is 2.81. The van der Waals surface area contributed by atoms with Crippen LogP contribution in [0.1, 0.15) is 0 Å². The molecule has 0 radical (unpaired) electrons. The van der Waals surface area contributed by atoms with Gasteiger partial charge in [-0.2, -0.15) is 0 Å². The minimum absolute atomic E-state index is 0.153. The maximum atomic E-state index is 8.88. The van der Waals surface area contributed by atoms with Crippen LogP contribution in [0.5, 0.6) is 0 Å². The van der Waals surface area contributed by atoms with E-state index in [-0.39, 0.29) is 6.61 Å². The Hall–Kier alpha value is -0.200. The summed E-state index contributed by atoms with van der Waals surface area (Å²) >= 11 is 0. The lowest BCUT2D eigenvalue weighted by molar-refractivity contribution is -0.252. The molecule has 1 saturated heterocycles. The molecule has 5 nitrogen and oxygen atoms in total. The highest BCUT2D eigenvalue weighted by molar-refractivity contribution is 4.81. The fourth-order valence-electron chi connectivity index (χ4n) is 0.791. The van der Waals surface area contributed by atoms with E-state index in [0.717, 1.165) is 0 Å². The molecule has 0 aliphatic carbocycles. The Morgan fingerprint density at radius 2 is 1.60 bits per heavy atom. The molecule has 0 aromatic carbocycles. The highest BCUT2D eigenvalue weighted by atomic mass is 16.6. The first-order chi connectivity index (χ1) is 4.63. The van der Waals surface area contributed by atoms with Gasteiger partial charge >= 0.3 is 0 Å². The molecule has 0 aromatic rings. The van der Waals surface area contributed by atoms with Gasteiger partial charge in [0.1, 0.15) is 18.3 Å². The van der Waals surface area contributed by atoms with E-state index in [4.69, 9.17) is 20.4 Å². The Kier molecular flexibility index (Phi) is 2.22. The molecule has 1 aliphatic rings. The molecular weight excluding hydrogens is 140 g/mol. The monoisotopic (exact) mass is 150 g/mol. The highest BCUT2D eigenvalue weighted by Gasteiger charge is 2.36. The second-order valence-corrected chi connectivity index (χ2v) is 2.27. The molecule has 1 heterocycles. The van der Waals surface area contributed by atoms with Gasteiger partial charge in [0.15, 0.2) is 6.29 Å². The Bertz CT molecular complexity index is 103. The Morgan fingerprint density at radius 1 is 1.00 bits per heavy atom. The van der Waals surface area contributed by atoms with E-state index in [1.54, 1.807) is 0 Å². The van der Waals surface area contributed by atoms with Gasteiger partial charge in [-0.25, -0.2) is 0 Å². The van der Waals surface area contributed by atoms with E-state index in [1.165, 1.54) is 0 Å². The van der Waals surface area contributed by atoms with Gasteiger partial charge in [0.25, 0.3) is 0 Å². The molecule has 0 bridgehead atoms. The normalized spacial score (nSPS) is 49.2. The summed E-state index contributed by atoms with van der Waals surface area (Å²) in [6.07, 6.45) is -5.23. The summed E-state index contributed by atoms with van der Waals surface area (Å²) in [6, 6.07) is 0. The molecule has 4 N–H and O–H groups in total. The number of hydrogen-bond donors (Lipinski definition) is 4. The number of rotatable bonds is 0. The molecule has 0 unspecified atom stereocenters. The van der Waals surface area contributed by atoms with E-state index in [2.05, 4.69) is 4.74 Å². The van der Waals surface area contributed by atoms with Gasteiger partial charge in [-0.15, -0.1) is 0 Å². The van der Waals surface area contributed by atoms with Crippen LogP contribution in [0, 0.1) is 0 Å². The first kappa shape index (κ1) is 7.90. The van der Waals surface area contributed by atoms with Crippen LogP contribution in [-0.4, -0.2) is 51.6 Å². The van der Waals surface area contributed by atoms with Gasteiger partial charge in [0, 0.05) is 0 Å². The predicted octanol–water partition coefficient (Wildman–Crippen LogP) is -2.58. The molecule has 0 saturated carbocycles. The van der Waals surface area contributed by atoms with E-state index in [1.807, 2.05) is 0 Å². The SMILES string of the molecule is O[C@@H]1[C@H](O)[C@H](O)CO[C@H]1O. The lowest BCUT2D eigenvalue weighted by Gasteiger charge is -2.31. The van der Waals surface area contributed by atoms with Crippen LogP contribution in [0.2, 0.25) is 0 Å². The first-order valence-corrected chi connectivity index (χ1v) is 2.97. The third-order valence-corrected chi connectivity index (χ3v) is 1.47. The van der Waals surface area contributed by atoms with Crippen molar-refractivity contribution in [1.82, 2.24) is 0 Å². The maximum Gasteiger partial charge on any atom is 0.183 e. The van der Waals surface area contributed by atoms with Crippen molar-refractivity contribution in [3.8, 4) is 0 Å². The van der Waals surface area contributed by atoms with Crippen LogP contribution in [0.4, 0.5) is 0 Å². The summed E-state index contributed by atoms with van der Waals surface area (Å²) in [4.78, 5) is 0. The average molecular weight is 150 g/mol. The van der Waals surface area contributed by atoms with E-state index >= 15 is 0 Å². The minimum Gasteiger partial charge on any atom is -0.388 e. The largest absolute Gasteiger partial charge is 0.388 e. The zero-order valence-electron chi connectivity index (χ0n) is 5.21. The molecule has 1 rings (SSSR count). The van der Waals surface area contributed by atoms with Gasteiger partial charge in [0.05, 0.1) is 6.61 Å². The van der Waals surface area contributed by atoms with Crippen molar-refractivity contribution in [1.29, 1.82) is 0 Å². The van der Waals surface area contributed by atoms with E-state index in [9.17, 15) is 0 Å². The molecule has 1 aliphatic heterocycles. The van der Waals surface area contributed by atoms with E-state index in [0.29, 0.717) is 0 Å². The van der Waals surface area contributed by atoms with Crippen molar-refractivity contribution in [2.75, 3.05) is 6.61 Å². The maximum absolute atomic E-state index is 8.88. The molecule has 0 spiro atoms. The van der Waals surface area contributed by atoms with Crippen molar-refractivity contribution < 1.29 is 25.2 Å². The summed E-state index contributed by atoms with van der Waals surface area (Å²) in [7, 11) is 0. The molecule has 0 amide bonds. The Balaban J connectivity index is 2.52. The average Bonchev–Trinajstić information content (AvgIpc) is 1.93. The predicted molar refractivity (Wildman–Crippen MR) is 30.0 cm³/mol. The third kappa shape index (κ3) is 1.28. The Morgan fingerprint density at radius 3 is 2.10 bits per heavy atom. The quantitative estimate of drug-likeness (QED) is 0.304. The summed E-state index contributed by atoms with van der Waals surface area (Å²) in [5.41, 5.74) is 0. The second-order valence-electron chi connectivity index (χ2n) is 2.27. The van der Waals surface area contributed by atoms with Crippen molar-refractivity contribution in [2.24, 2.45) is 0 Å². The van der Waals surface area contributed by atoms with Crippen LogP contribution < -0.4 is 0 Å². The lowest BCUT2D eigenvalue weighted by atomic mass is 10.1. The van der Waals surface area contributed by atoms with Crippen LogP contribution >= 0.6 is 0 Å². The third-order valence-electron chi connectivity index (χ3n) is 1.47. The topological polar surface area (TPSA) is 90.2 Å². The van der Waals surface area contributed by atoms with Crippen LogP contribution in [0.3, 0.4) is 0 Å². The number of aliphatic hydroxyl groups is 4. The van der Waals surface area contributed by atoms with Crippen molar-refractivity contribution in [3.63, 3.8) is 0 Å². The smallest absolute Gasteiger partial charge is 0.183 e. The lowest BCUT2D eigenvalue weighted by Crippen LogP contribution is -2.52. The molecule has 5 heteroatoms. The molecule has 4 atom stereocenters. The van der Waals surface area contributed by atoms with Gasteiger partial charge in [-0.3, -0.25) is 0 Å². The van der Waals surface area contributed by atoms with Gasteiger partial charge in [-0.1, -0.05) is 0 Å². The number of hydrogen-bond acceptors (Lipinski definition) is 5. The molecular formula is C5H10O5. The Labute approximate surface area is 57.5 Å². The van der Waals surface area contributed by atoms with Gasteiger partial charge < -0.3 is 25.2 Å². The molecule has 10 heavy (non-hydrogen) atoms.